The van der Waals surface area contributed by atoms with E-state index in [0.29, 0.717) is 11.3 Å². The zero-order chi connectivity index (χ0) is 18.9. The first-order valence-electron chi connectivity index (χ1n) is 7.91. The fourth-order valence-corrected chi connectivity index (χ4v) is 3.85. The Kier molecular flexibility index (Phi) is 2.65. The second-order valence-corrected chi connectivity index (χ2v) is 6.22. The predicted molar refractivity (Wildman–Crippen MR) is 96.8 cm³/mol. The topological polar surface area (TPSA) is 185 Å². The van der Waals surface area contributed by atoms with Crippen molar-refractivity contribution >= 4 is 35.1 Å². The first-order chi connectivity index (χ1) is 12.9. The third-order valence-corrected chi connectivity index (χ3v) is 4.78. The highest BCUT2D eigenvalue weighted by Crippen LogP contribution is 2.51. The number of nitrogens with one attached hydrogen (secondary N) is 4. The van der Waals surface area contributed by atoms with Gasteiger partial charge in [-0.2, -0.15) is 9.97 Å². The smallest absolute Gasteiger partial charge is 0.259 e. The zero-order valence-electron chi connectivity index (χ0n) is 13.6. The number of hydrogen-bond donors (Lipinski definition) is 6. The number of H-pyrrole nitrogens is 2. The van der Waals surface area contributed by atoms with Crippen LogP contribution in [0.3, 0.4) is 0 Å². The number of nitrogens with two attached hydrogens (primary N) is 2. The molecule has 1 atom stereocenters. The molecule has 1 unspecified atom stereocenters. The summed E-state index contributed by atoms with van der Waals surface area (Å²) in [5.41, 5.74) is 9.14. The quantitative estimate of drug-likeness (QED) is 0.304. The number of para-hydroxylation sites is 1. The zero-order valence-corrected chi connectivity index (χ0v) is 13.6. The molecule has 1 spiro atoms. The van der Waals surface area contributed by atoms with E-state index in [9.17, 15) is 14.4 Å². The molecule has 11 heteroatoms. The van der Waals surface area contributed by atoms with E-state index in [1.165, 1.54) is 0 Å². The molecule has 2 aromatic heterocycles. The van der Waals surface area contributed by atoms with Crippen molar-refractivity contribution in [3.05, 3.63) is 61.7 Å². The molecule has 0 bridgehead atoms. The van der Waals surface area contributed by atoms with Gasteiger partial charge in [-0.05, 0) is 6.07 Å². The number of nitrogens with zero attached hydrogens (tertiary/aromatic N) is 2. The van der Waals surface area contributed by atoms with Crippen molar-refractivity contribution in [2.24, 2.45) is 0 Å². The van der Waals surface area contributed by atoms with Crippen molar-refractivity contribution < 1.29 is 4.79 Å². The summed E-state index contributed by atoms with van der Waals surface area (Å²) >= 11 is 0. The number of aromatic nitrogens is 4. The SMILES string of the molecule is Nc1nc2c(c(=O)[nH]1)C1(C(=O)N2)c2ccccc2Nc2nc(N)[nH]c(=O)c21. The van der Waals surface area contributed by atoms with Gasteiger partial charge in [0, 0.05) is 11.3 Å². The number of benzene rings is 1. The fraction of sp³-hybridized carbons (Fsp3) is 0.0625. The number of hydrogen-bond acceptors (Lipinski definition) is 8. The molecule has 1 aromatic carbocycles. The summed E-state index contributed by atoms with van der Waals surface area (Å²) in [5.74, 6) is -0.783. The number of carbonyl (C=O) groups excluding carboxylic acids is 1. The first-order valence-corrected chi connectivity index (χ1v) is 7.91. The molecule has 0 fully saturated rings. The van der Waals surface area contributed by atoms with Crippen molar-refractivity contribution in [2.75, 3.05) is 22.1 Å². The van der Waals surface area contributed by atoms with Gasteiger partial charge in [0.2, 0.25) is 17.8 Å². The maximum Gasteiger partial charge on any atom is 0.259 e. The highest BCUT2D eigenvalue weighted by Gasteiger charge is 2.58. The van der Waals surface area contributed by atoms with Gasteiger partial charge in [-0.3, -0.25) is 24.4 Å². The van der Waals surface area contributed by atoms with Crippen molar-refractivity contribution in [2.45, 2.75) is 5.41 Å². The fourth-order valence-electron chi connectivity index (χ4n) is 3.85. The number of nitrogen functional groups attached to an aromatic ring is 2. The van der Waals surface area contributed by atoms with Gasteiger partial charge in [0.1, 0.15) is 17.1 Å². The Balaban J connectivity index is 2.02. The highest BCUT2D eigenvalue weighted by atomic mass is 16.2. The van der Waals surface area contributed by atoms with Crippen LogP contribution in [0.25, 0.3) is 0 Å². The number of rotatable bonds is 0. The van der Waals surface area contributed by atoms with Gasteiger partial charge in [-0.25, -0.2) is 0 Å². The highest BCUT2D eigenvalue weighted by molar-refractivity contribution is 6.13. The lowest BCUT2D eigenvalue weighted by Gasteiger charge is -2.34. The number of fused-ring (bicyclic) bond motifs is 6. The van der Waals surface area contributed by atoms with E-state index in [1.54, 1.807) is 24.3 Å². The number of anilines is 5. The van der Waals surface area contributed by atoms with Gasteiger partial charge in [0.05, 0.1) is 11.1 Å². The van der Waals surface area contributed by atoms with E-state index in [-0.39, 0.29) is 34.7 Å². The molecule has 134 valence electrons. The Morgan fingerprint density at radius 2 is 1.37 bits per heavy atom. The Bertz CT molecular complexity index is 1280. The van der Waals surface area contributed by atoms with Crippen LogP contribution in [0.15, 0.2) is 33.9 Å². The van der Waals surface area contributed by atoms with E-state index in [0.717, 1.165) is 0 Å². The van der Waals surface area contributed by atoms with Gasteiger partial charge in [0.15, 0.2) is 0 Å². The van der Waals surface area contributed by atoms with Crippen LogP contribution < -0.4 is 33.2 Å². The van der Waals surface area contributed by atoms with Crippen LogP contribution in [0, 0.1) is 0 Å². The molecule has 5 rings (SSSR count). The summed E-state index contributed by atoms with van der Waals surface area (Å²) in [4.78, 5) is 51.8. The van der Waals surface area contributed by atoms with Gasteiger partial charge in [-0.15, -0.1) is 0 Å². The molecule has 8 N–H and O–H groups in total. The van der Waals surface area contributed by atoms with Gasteiger partial charge >= 0.3 is 0 Å². The number of amides is 1. The van der Waals surface area contributed by atoms with Gasteiger partial charge in [-0.1, -0.05) is 18.2 Å². The van der Waals surface area contributed by atoms with Crippen LogP contribution in [0.2, 0.25) is 0 Å². The maximum atomic E-state index is 13.2. The first kappa shape index (κ1) is 15.1. The summed E-state index contributed by atoms with van der Waals surface area (Å²) in [6.45, 7) is 0. The van der Waals surface area contributed by atoms with Crippen molar-refractivity contribution in [1.82, 2.24) is 19.9 Å². The largest absolute Gasteiger partial charge is 0.369 e. The van der Waals surface area contributed by atoms with Crippen LogP contribution in [0.5, 0.6) is 0 Å². The molecule has 4 heterocycles. The lowest BCUT2D eigenvalue weighted by Crippen LogP contribution is -2.47. The molecule has 2 aliphatic rings. The average Bonchev–Trinajstić information content (AvgIpc) is 2.87. The third kappa shape index (κ3) is 1.72. The summed E-state index contributed by atoms with van der Waals surface area (Å²) in [6.07, 6.45) is 0. The second kappa shape index (κ2) is 4.72. The van der Waals surface area contributed by atoms with Crippen LogP contribution in [-0.2, 0) is 10.2 Å². The summed E-state index contributed by atoms with van der Waals surface area (Å²) in [6, 6.07) is 6.82. The lowest BCUT2D eigenvalue weighted by atomic mass is 9.69. The van der Waals surface area contributed by atoms with Crippen molar-refractivity contribution in [1.29, 1.82) is 0 Å². The van der Waals surface area contributed by atoms with E-state index < -0.39 is 22.4 Å². The number of carbonyl (C=O) groups is 1. The van der Waals surface area contributed by atoms with Crippen LogP contribution in [-0.4, -0.2) is 25.8 Å². The summed E-state index contributed by atoms with van der Waals surface area (Å²) < 4.78 is 0. The molecular formula is C16H12N8O3. The Labute approximate surface area is 149 Å². The van der Waals surface area contributed by atoms with E-state index >= 15 is 0 Å². The normalized spacial score (nSPS) is 19.0. The minimum atomic E-state index is -1.74. The van der Waals surface area contributed by atoms with Crippen molar-refractivity contribution in [3.63, 3.8) is 0 Å². The van der Waals surface area contributed by atoms with E-state index in [2.05, 4.69) is 30.6 Å². The van der Waals surface area contributed by atoms with E-state index in [4.69, 9.17) is 11.5 Å². The van der Waals surface area contributed by atoms with E-state index in [1.807, 2.05) is 0 Å². The third-order valence-electron chi connectivity index (χ3n) is 4.78. The minimum Gasteiger partial charge on any atom is -0.369 e. The Morgan fingerprint density at radius 3 is 2.00 bits per heavy atom. The molecule has 27 heavy (non-hydrogen) atoms. The molecule has 3 aromatic rings. The standard InChI is InChI=1S/C16H12N8O3/c17-14-21-9-7(11(25)23-14)16(5-3-1-2-4-6(5)19-9)8-10(20-13(16)27)22-15(18)24-12(8)26/h1-4H,(H4,17,19,21,23,25)(H4,18,20,22,24,26,27). The molecule has 0 saturated carbocycles. The second-order valence-electron chi connectivity index (χ2n) is 6.22. The molecule has 0 radical (unpaired) electrons. The minimum absolute atomic E-state index is 0.000119. The predicted octanol–water partition coefficient (Wildman–Crippen LogP) is -0.639. The van der Waals surface area contributed by atoms with Gasteiger partial charge in [0.25, 0.3) is 11.1 Å². The molecule has 1 amide bonds. The summed E-state index contributed by atoms with van der Waals surface area (Å²) in [5, 5.41) is 5.58. The Hall–Kier alpha value is -4.15. The van der Waals surface area contributed by atoms with Gasteiger partial charge < -0.3 is 22.1 Å². The molecule has 2 aliphatic heterocycles. The Morgan fingerprint density at radius 1 is 0.815 bits per heavy atom. The average molecular weight is 364 g/mol. The van der Waals surface area contributed by atoms with Crippen LogP contribution in [0.4, 0.5) is 29.2 Å². The monoisotopic (exact) mass is 364 g/mol. The molecular weight excluding hydrogens is 352 g/mol. The number of aromatic amines is 2. The van der Waals surface area contributed by atoms with Crippen LogP contribution >= 0.6 is 0 Å². The molecule has 0 aliphatic carbocycles. The molecule has 0 saturated heterocycles. The summed E-state index contributed by atoms with van der Waals surface area (Å²) in [7, 11) is 0. The molecule has 11 nitrogen and oxygen atoms in total. The van der Waals surface area contributed by atoms with Crippen LogP contribution in [0.1, 0.15) is 16.7 Å². The lowest BCUT2D eigenvalue weighted by molar-refractivity contribution is -0.118. The van der Waals surface area contributed by atoms with Crippen molar-refractivity contribution in [3.8, 4) is 0 Å². The maximum absolute atomic E-state index is 13.2.